The number of rotatable bonds is 6. The molecule has 12 heteroatoms. The highest BCUT2D eigenvalue weighted by atomic mass is 32.2. The molecule has 0 radical (unpaired) electrons. The maximum absolute atomic E-state index is 11.4. The Morgan fingerprint density at radius 2 is 2.00 bits per heavy atom. The molecule has 0 saturated heterocycles. The van der Waals surface area contributed by atoms with Crippen molar-refractivity contribution in [2.75, 3.05) is 20.5 Å². The average Bonchev–Trinajstić information content (AvgIpc) is 2.92. The largest absolute Gasteiger partial charge is 0.493 e. The first-order chi connectivity index (χ1) is 11.2. The summed E-state index contributed by atoms with van der Waals surface area (Å²) in [5, 5.41) is 15.0. The van der Waals surface area contributed by atoms with Crippen molar-refractivity contribution < 1.29 is 27.1 Å². The van der Waals surface area contributed by atoms with Gasteiger partial charge in [0.05, 0.1) is 35.7 Å². The SMILES string of the molecule is COc1cc2sc(C(N)=NOS(C)(=O)=O)cc2c([N+](=O)[O-])c1OC. The standard InChI is InChI=1S/C12H13N3O7S2/c1-20-7-5-8-6(10(15(16)17)11(7)21-2)4-9(23-8)12(13)14-22-24(3,18)19/h4-5H,1-3H3,(H2,13,14). The van der Waals surface area contributed by atoms with Crippen LogP contribution in [0, 0.1) is 10.1 Å². The lowest BCUT2D eigenvalue weighted by molar-refractivity contribution is -0.384. The van der Waals surface area contributed by atoms with Crippen LogP contribution in [0.4, 0.5) is 5.69 Å². The summed E-state index contributed by atoms with van der Waals surface area (Å²) < 4.78 is 36.8. The fourth-order valence-corrected chi connectivity index (χ4v) is 3.13. The van der Waals surface area contributed by atoms with Gasteiger partial charge in [-0.25, -0.2) is 0 Å². The highest BCUT2D eigenvalue weighted by Gasteiger charge is 2.26. The van der Waals surface area contributed by atoms with Gasteiger partial charge in [0.25, 0.3) is 0 Å². The number of hydrogen-bond acceptors (Lipinski definition) is 9. The maximum atomic E-state index is 11.4. The quantitative estimate of drug-likeness (QED) is 0.345. The molecule has 0 amide bonds. The zero-order valence-corrected chi connectivity index (χ0v) is 14.4. The Bertz CT molecular complexity index is 934. The van der Waals surface area contributed by atoms with Crippen LogP contribution in [0.5, 0.6) is 11.5 Å². The Kier molecular flexibility index (Phi) is 4.80. The monoisotopic (exact) mass is 375 g/mol. The van der Waals surface area contributed by atoms with Gasteiger partial charge in [0, 0.05) is 10.8 Å². The van der Waals surface area contributed by atoms with Crippen molar-refractivity contribution >= 4 is 43.1 Å². The molecule has 2 N–H and O–H groups in total. The molecule has 24 heavy (non-hydrogen) atoms. The van der Waals surface area contributed by atoms with E-state index in [1.165, 1.54) is 20.3 Å². The predicted molar refractivity (Wildman–Crippen MR) is 88.2 cm³/mol. The molecule has 0 unspecified atom stereocenters. The minimum absolute atomic E-state index is 0.0257. The zero-order valence-electron chi connectivity index (χ0n) is 12.8. The molecule has 1 aromatic carbocycles. The van der Waals surface area contributed by atoms with Crippen molar-refractivity contribution in [1.29, 1.82) is 0 Å². The van der Waals surface area contributed by atoms with Crippen LogP contribution in [0.2, 0.25) is 0 Å². The summed E-state index contributed by atoms with van der Waals surface area (Å²) >= 11 is 1.07. The fourth-order valence-electron chi connectivity index (χ4n) is 1.93. The van der Waals surface area contributed by atoms with Crippen LogP contribution < -0.4 is 15.2 Å². The summed E-state index contributed by atoms with van der Waals surface area (Å²) in [5.41, 5.74) is 5.39. The third-order valence-corrected chi connectivity index (χ3v) is 4.30. The molecule has 1 aromatic heterocycles. The molecule has 0 fully saturated rings. The molecule has 130 valence electrons. The molecule has 2 rings (SSSR count). The second-order valence-electron chi connectivity index (χ2n) is 4.50. The molecule has 0 spiro atoms. The first-order valence-electron chi connectivity index (χ1n) is 6.23. The van der Waals surface area contributed by atoms with Crippen molar-refractivity contribution in [1.82, 2.24) is 0 Å². The number of oxime groups is 1. The third kappa shape index (κ3) is 3.49. The molecule has 0 aliphatic heterocycles. The second kappa shape index (κ2) is 6.49. The Morgan fingerprint density at radius 3 is 2.50 bits per heavy atom. The number of nitro groups is 1. The minimum Gasteiger partial charge on any atom is -0.493 e. The molecule has 0 aliphatic rings. The van der Waals surface area contributed by atoms with Gasteiger partial charge in [0.15, 0.2) is 11.6 Å². The summed E-state index contributed by atoms with van der Waals surface area (Å²) in [6, 6.07) is 2.96. The highest BCUT2D eigenvalue weighted by molar-refractivity contribution is 7.85. The molecule has 0 aliphatic carbocycles. The van der Waals surface area contributed by atoms with Crippen molar-refractivity contribution in [3.63, 3.8) is 0 Å². The zero-order chi connectivity index (χ0) is 18.1. The van der Waals surface area contributed by atoms with Crippen LogP contribution in [0.25, 0.3) is 10.1 Å². The van der Waals surface area contributed by atoms with E-state index in [1.807, 2.05) is 0 Å². The first kappa shape index (κ1) is 17.7. The lowest BCUT2D eigenvalue weighted by Crippen LogP contribution is -2.13. The number of ether oxygens (including phenoxy) is 2. The van der Waals surface area contributed by atoms with Crippen molar-refractivity contribution in [2.45, 2.75) is 0 Å². The molecule has 0 atom stereocenters. The van der Waals surface area contributed by atoms with E-state index >= 15 is 0 Å². The number of hydrogen-bond donors (Lipinski definition) is 1. The highest BCUT2D eigenvalue weighted by Crippen LogP contribution is 2.45. The summed E-state index contributed by atoms with van der Waals surface area (Å²) in [7, 11) is -1.16. The molecular weight excluding hydrogens is 362 g/mol. The Morgan fingerprint density at radius 1 is 1.33 bits per heavy atom. The van der Waals surface area contributed by atoms with E-state index in [0.717, 1.165) is 17.6 Å². The van der Waals surface area contributed by atoms with Crippen LogP contribution in [-0.2, 0) is 14.4 Å². The third-order valence-electron chi connectivity index (χ3n) is 2.85. The number of benzene rings is 1. The number of amidine groups is 1. The van der Waals surface area contributed by atoms with Gasteiger partial charge in [-0.05, 0) is 11.2 Å². The summed E-state index contributed by atoms with van der Waals surface area (Å²) in [6.07, 6.45) is 0.815. The van der Waals surface area contributed by atoms with Crippen molar-refractivity contribution in [2.24, 2.45) is 10.9 Å². The van der Waals surface area contributed by atoms with Gasteiger partial charge in [-0.15, -0.1) is 11.3 Å². The van der Waals surface area contributed by atoms with Crippen LogP contribution in [-0.4, -0.2) is 39.7 Å². The summed E-state index contributed by atoms with van der Waals surface area (Å²) in [6.45, 7) is 0. The smallest absolute Gasteiger partial charge is 0.325 e. The van der Waals surface area contributed by atoms with E-state index in [9.17, 15) is 18.5 Å². The average molecular weight is 375 g/mol. The van der Waals surface area contributed by atoms with Gasteiger partial charge in [0.2, 0.25) is 5.75 Å². The van der Waals surface area contributed by atoms with Crippen LogP contribution in [0.15, 0.2) is 17.3 Å². The molecule has 1 heterocycles. The number of thiophene rings is 1. The van der Waals surface area contributed by atoms with E-state index in [0.29, 0.717) is 9.58 Å². The first-order valence-corrected chi connectivity index (χ1v) is 8.86. The Labute approximate surface area is 140 Å². The number of nitrogens with zero attached hydrogens (tertiary/aromatic N) is 2. The van der Waals surface area contributed by atoms with E-state index in [4.69, 9.17) is 15.2 Å². The van der Waals surface area contributed by atoms with E-state index < -0.39 is 15.0 Å². The normalized spacial score (nSPS) is 12.2. The number of fused-ring (bicyclic) bond motifs is 1. The molecular formula is C12H13N3O7S2. The van der Waals surface area contributed by atoms with Gasteiger partial charge < -0.3 is 15.2 Å². The van der Waals surface area contributed by atoms with E-state index in [2.05, 4.69) is 9.44 Å². The summed E-state index contributed by atoms with van der Waals surface area (Å²) in [4.78, 5) is 11.1. The molecule has 0 saturated carbocycles. The second-order valence-corrected chi connectivity index (χ2v) is 7.14. The van der Waals surface area contributed by atoms with Gasteiger partial charge in [-0.1, -0.05) is 0 Å². The van der Waals surface area contributed by atoms with Crippen LogP contribution in [0.1, 0.15) is 4.88 Å². The van der Waals surface area contributed by atoms with Crippen molar-refractivity contribution in [3.05, 3.63) is 27.1 Å². The van der Waals surface area contributed by atoms with Gasteiger partial charge >= 0.3 is 15.8 Å². The lowest BCUT2D eigenvalue weighted by Gasteiger charge is -2.08. The Hall–Kier alpha value is -2.60. The number of nitro benzene ring substituents is 1. The van der Waals surface area contributed by atoms with Gasteiger partial charge in [-0.3, -0.25) is 14.4 Å². The molecule has 2 aromatic rings. The summed E-state index contributed by atoms with van der Waals surface area (Å²) in [5.74, 6) is -0.0656. The van der Waals surface area contributed by atoms with Crippen molar-refractivity contribution in [3.8, 4) is 11.5 Å². The predicted octanol–water partition coefficient (Wildman–Crippen LogP) is 1.42. The minimum atomic E-state index is -3.81. The topological polar surface area (TPSA) is 143 Å². The fraction of sp³-hybridized carbons (Fsp3) is 0.250. The van der Waals surface area contributed by atoms with E-state index in [-0.39, 0.29) is 28.4 Å². The number of methoxy groups -OCH3 is 2. The van der Waals surface area contributed by atoms with Gasteiger partial charge in [-0.2, -0.15) is 8.42 Å². The van der Waals surface area contributed by atoms with Gasteiger partial charge in [0.1, 0.15) is 0 Å². The lowest BCUT2D eigenvalue weighted by atomic mass is 10.2. The Balaban J connectivity index is 2.66. The maximum Gasteiger partial charge on any atom is 0.325 e. The number of nitrogens with two attached hydrogens (primary N) is 1. The van der Waals surface area contributed by atoms with E-state index in [1.54, 1.807) is 6.07 Å². The van der Waals surface area contributed by atoms with Crippen LogP contribution >= 0.6 is 11.3 Å². The molecule has 0 bridgehead atoms. The van der Waals surface area contributed by atoms with Crippen LogP contribution in [0.3, 0.4) is 0 Å². The molecule has 10 nitrogen and oxygen atoms in total.